The molecule has 0 aliphatic rings. The lowest BCUT2D eigenvalue weighted by molar-refractivity contribution is 0.0721. The maximum absolute atomic E-state index is 11.4. The molecule has 0 aliphatic heterocycles. The van der Waals surface area contributed by atoms with E-state index in [2.05, 4.69) is 0 Å². The third-order valence-electron chi connectivity index (χ3n) is 4.20. The molecule has 3 heterocycles. The van der Waals surface area contributed by atoms with Gasteiger partial charge in [0.15, 0.2) is 0 Å². The predicted molar refractivity (Wildman–Crippen MR) is 171 cm³/mol. The minimum absolute atomic E-state index is 0.259. The van der Waals surface area contributed by atoms with Crippen LogP contribution in [0.3, 0.4) is 0 Å². The van der Waals surface area contributed by atoms with Gasteiger partial charge in [-0.3, -0.25) is 0 Å². The van der Waals surface area contributed by atoms with Gasteiger partial charge >= 0.3 is 17.9 Å². The summed E-state index contributed by atoms with van der Waals surface area (Å²) >= 11 is 0. The third-order valence-corrected chi connectivity index (χ3v) is 16.1. The maximum atomic E-state index is 11.4. The molecule has 0 atom stereocenters. The monoisotopic (exact) mass is 660 g/mol. The van der Waals surface area contributed by atoms with Gasteiger partial charge in [-0.25, -0.2) is 14.4 Å². The molecule has 0 amide bonds. The molecule has 0 bridgehead atoms. The molecule has 15 heteroatoms. The van der Waals surface area contributed by atoms with E-state index in [1.54, 1.807) is 68.8 Å². The quantitative estimate of drug-likeness (QED) is 0.206. The summed E-state index contributed by atoms with van der Waals surface area (Å²) in [4.78, 5) is 34.1. The Morgan fingerprint density at radius 3 is 0.923 bits per heavy atom. The fourth-order valence-electron chi connectivity index (χ4n) is 1.96. The highest BCUT2D eigenvalue weighted by atomic mass is 33.2. The van der Waals surface area contributed by atoms with Gasteiger partial charge in [0.2, 0.25) is 17.3 Å². The van der Waals surface area contributed by atoms with Gasteiger partial charge in [0, 0.05) is 37.5 Å². The molecule has 0 aliphatic carbocycles. The van der Waals surface area contributed by atoms with Gasteiger partial charge in [-0.15, -0.1) is 0 Å². The van der Waals surface area contributed by atoms with Crippen molar-refractivity contribution in [1.29, 1.82) is 0 Å². The average Bonchev–Trinajstić information content (AvgIpc) is 3.67. The molecule has 0 unspecified atom stereocenters. The molecule has 3 aromatic heterocycles. The van der Waals surface area contributed by atoms with Crippen molar-refractivity contribution < 1.29 is 40.2 Å². The van der Waals surface area contributed by atoms with E-state index >= 15 is 0 Å². The predicted octanol–water partition coefficient (Wildman–Crippen LogP) is 8.08. The normalized spacial score (nSPS) is 12.5. The topological polar surface area (TPSA) is 118 Å². The zero-order valence-corrected chi connectivity index (χ0v) is 28.2. The molecule has 0 fully saturated rings. The van der Waals surface area contributed by atoms with E-state index in [-0.39, 0.29) is 35.2 Å². The minimum Gasteiger partial charge on any atom is -0.457 e. The molecule has 39 heavy (non-hydrogen) atoms. The first-order valence-corrected chi connectivity index (χ1v) is 23.2. The number of hydrogen-bond donors (Lipinski definition) is 0. The van der Waals surface area contributed by atoms with Gasteiger partial charge in [0.1, 0.15) is 0 Å². The number of rotatable bonds is 9. The van der Waals surface area contributed by atoms with Crippen LogP contribution in [-0.2, 0) is 12.5 Å². The van der Waals surface area contributed by atoms with Crippen LogP contribution in [0, 0.1) is 0 Å². The summed E-state index contributed by atoms with van der Waals surface area (Å²) in [5.74, 6) is -0.392. The average molecular weight is 661 g/mol. The second-order valence-corrected chi connectivity index (χ2v) is 26.6. The minimum atomic E-state index is -1.34. The van der Waals surface area contributed by atoms with E-state index in [4.69, 9.17) is 25.8 Å². The Hall–Kier alpha value is -1.65. The number of carbonyl (C=O) groups excluding carboxylic acids is 3. The summed E-state index contributed by atoms with van der Waals surface area (Å²) in [6, 6.07) is 9.78. The van der Waals surface area contributed by atoms with Crippen molar-refractivity contribution in [2.75, 3.05) is 56.3 Å². The molecule has 0 spiro atoms. The van der Waals surface area contributed by atoms with Crippen LogP contribution in [0.15, 0.2) is 68.4 Å². The smallest absolute Gasteiger partial charge is 0.385 e. The molecule has 0 saturated heterocycles. The lowest BCUT2D eigenvalue weighted by atomic mass is 10.5. The first-order chi connectivity index (χ1) is 18.1. The Kier molecular flexibility index (Phi) is 15.0. The van der Waals surface area contributed by atoms with Gasteiger partial charge in [-0.1, -0.05) is 32.4 Å². The van der Waals surface area contributed by atoms with E-state index in [1.165, 1.54) is 18.8 Å². The van der Waals surface area contributed by atoms with Crippen molar-refractivity contribution in [3.8, 4) is 0 Å². The van der Waals surface area contributed by atoms with E-state index in [0.29, 0.717) is 0 Å². The first-order valence-electron chi connectivity index (χ1n) is 10.8. The molecular formula is C24H36O9S6. The second-order valence-electron chi connectivity index (χ2n) is 7.97. The van der Waals surface area contributed by atoms with Gasteiger partial charge in [-0.05, 0) is 83.2 Å². The molecule has 222 valence electrons. The van der Waals surface area contributed by atoms with Crippen molar-refractivity contribution >= 4 is 78.3 Å². The van der Waals surface area contributed by atoms with Crippen molar-refractivity contribution in [2.24, 2.45) is 0 Å². The van der Waals surface area contributed by atoms with Crippen LogP contribution in [0.2, 0.25) is 0 Å². The lowest BCUT2D eigenvalue weighted by Crippen LogP contribution is -2.05. The highest BCUT2D eigenvalue weighted by molar-refractivity contribution is 8.92. The van der Waals surface area contributed by atoms with Gasteiger partial charge < -0.3 is 25.8 Å². The second kappa shape index (κ2) is 16.6. The Labute approximate surface area is 246 Å². The van der Waals surface area contributed by atoms with Crippen molar-refractivity contribution in [3.05, 3.63) is 72.5 Å². The molecular weight excluding hydrogens is 625 g/mol. The van der Waals surface area contributed by atoms with E-state index in [0.717, 1.165) is 0 Å². The van der Waals surface area contributed by atoms with Crippen molar-refractivity contribution in [3.63, 3.8) is 0 Å². The zero-order chi connectivity index (χ0) is 29.7. The van der Waals surface area contributed by atoms with Gasteiger partial charge in [0.05, 0.1) is 18.8 Å². The van der Waals surface area contributed by atoms with Crippen LogP contribution in [0.4, 0.5) is 0 Å². The van der Waals surface area contributed by atoms with E-state index < -0.39 is 28.0 Å². The summed E-state index contributed by atoms with van der Waals surface area (Å²) < 4.78 is 30.5. The Morgan fingerprint density at radius 2 is 0.769 bits per heavy atom. The first kappa shape index (κ1) is 35.4. The molecule has 3 rings (SSSR count). The van der Waals surface area contributed by atoms with Crippen LogP contribution in [0.25, 0.3) is 0 Å². The summed E-state index contributed by atoms with van der Waals surface area (Å²) in [5, 5.41) is 0. The number of hydrogen-bond acceptors (Lipinski definition) is 12. The molecule has 0 radical (unpaired) electrons. The number of furan rings is 3. The summed E-state index contributed by atoms with van der Waals surface area (Å²) in [6.45, 7) is 0. The standard InChI is InChI=1S/3C8H12O3S2/c3*1-12-13(2,3)11-8(9)7-5-4-6-10-7/h3*4-6H,1-3H3. The number of carbonyl (C=O) groups is 3. The zero-order valence-electron chi connectivity index (χ0n) is 23.3. The van der Waals surface area contributed by atoms with Crippen LogP contribution >= 0.6 is 60.4 Å². The van der Waals surface area contributed by atoms with Crippen molar-refractivity contribution in [1.82, 2.24) is 0 Å². The molecule has 9 nitrogen and oxygen atoms in total. The highest BCUT2D eigenvalue weighted by Crippen LogP contribution is 2.54. The lowest BCUT2D eigenvalue weighted by Gasteiger charge is -2.26. The molecule has 0 saturated carbocycles. The summed E-state index contributed by atoms with van der Waals surface area (Å²) in [6.07, 6.45) is 21.6. The Morgan fingerprint density at radius 1 is 0.538 bits per heavy atom. The Balaban J connectivity index is 0.000000292. The third kappa shape index (κ3) is 14.0. The van der Waals surface area contributed by atoms with Crippen LogP contribution in [0.1, 0.15) is 31.7 Å². The van der Waals surface area contributed by atoms with Crippen LogP contribution in [-0.4, -0.2) is 74.2 Å². The molecule has 0 N–H and O–H groups in total. The SMILES string of the molecule is CSS(C)(C)OC(=O)c1ccco1.CSS(C)(C)OC(=O)c1ccco1.CSS(C)(C)OC(=O)c1ccco1. The van der Waals surface area contributed by atoms with E-state index in [1.807, 2.05) is 56.3 Å². The van der Waals surface area contributed by atoms with Crippen LogP contribution < -0.4 is 0 Å². The molecule has 3 aromatic rings. The van der Waals surface area contributed by atoms with Crippen molar-refractivity contribution in [2.45, 2.75) is 0 Å². The fourth-order valence-corrected chi connectivity index (χ4v) is 4.67. The maximum Gasteiger partial charge on any atom is 0.385 e. The molecule has 0 aromatic carbocycles. The Bertz CT molecular complexity index is 982. The van der Waals surface area contributed by atoms with Crippen LogP contribution in [0.5, 0.6) is 0 Å². The summed E-state index contributed by atoms with van der Waals surface area (Å²) in [7, 11) is 0.641. The largest absolute Gasteiger partial charge is 0.457 e. The highest BCUT2D eigenvalue weighted by Gasteiger charge is 2.21. The van der Waals surface area contributed by atoms with E-state index in [9.17, 15) is 14.4 Å². The van der Waals surface area contributed by atoms with Gasteiger partial charge in [0.25, 0.3) is 0 Å². The summed E-state index contributed by atoms with van der Waals surface area (Å²) in [5.41, 5.74) is 0. The fraction of sp³-hybridized carbons (Fsp3) is 0.375. The van der Waals surface area contributed by atoms with Gasteiger partial charge in [-0.2, -0.15) is 0 Å².